The summed E-state index contributed by atoms with van der Waals surface area (Å²) >= 11 is 1.38. The van der Waals surface area contributed by atoms with Crippen LogP contribution in [0.1, 0.15) is 24.5 Å². The van der Waals surface area contributed by atoms with Crippen LogP contribution >= 0.6 is 11.8 Å². The van der Waals surface area contributed by atoms with Crippen LogP contribution in [-0.2, 0) is 11.3 Å². The number of non-ortho nitro benzene ring substituents is 1. The molecule has 0 aliphatic carbocycles. The van der Waals surface area contributed by atoms with Gasteiger partial charge in [-0.25, -0.2) is 0 Å². The molecule has 1 aliphatic heterocycles. The molecule has 2 aromatic rings. The first-order chi connectivity index (χ1) is 14.0. The van der Waals surface area contributed by atoms with Crippen LogP contribution in [0.15, 0.2) is 58.7 Å². The molecule has 0 unspecified atom stereocenters. The van der Waals surface area contributed by atoms with Gasteiger partial charge >= 0.3 is 0 Å². The van der Waals surface area contributed by atoms with Crippen molar-refractivity contribution >= 4 is 34.7 Å². The van der Waals surface area contributed by atoms with Gasteiger partial charge < -0.3 is 4.74 Å². The number of nitro groups is 1. The molecule has 9 heteroatoms. The van der Waals surface area contributed by atoms with E-state index in [4.69, 9.17) is 4.74 Å². The Morgan fingerprint density at radius 2 is 2.03 bits per heavy atom. The number of benzene rings is 2. The number of hydrogen-bond donors (Lipinski definition) is 0. The summed E-state index contributed by atoms with van der Waals surface area (Å²) in [5.74, 6) is 0.746. The van der Waals surface area contributed by atoms with E-state index in [0.717, 1.165) is 11.3 Å². The van der Waals surface area contributed by atoms with Crippen molar-refractivity contribution in [2.45, 2.75) is 25.1 Å². The van der Waals surface area contributed by atoms with Gasteiger partial charge in [0.05, 0.1) is 30.0 Å². The van der Waals surface area contributed by atoms with Crippen LogP contribution in [0.5, 0.6) is 5.75 Å². The van der Waals surface area contributed by atoms with E-state index >= 15 is 0 Å². The van der Waals surface area contributed by atoms with Crippen LogP contribution in [0.2, 0.25) is 0 Å². The fourth-order valence-electron chi connectivity index (χ4n) is 2.77. The standard InChI is InChI=1S/C20H20N4O4S/c1-3-18-19(25)23(13-14-7-9-17(28-2)10-8-14)20(29-18)22-21-12-15-5-4-6-16(11-15)24(26)27/h4-12,18H,3,13H2,1-2H3/b21-12-,22-20+/t18-/m0/s1. The summed E-state index contributed by atoms with van der Waals surface area (Å²) in [5.41, 5.74) is 1.50. The molecule has 0 spiro atoms. The molecule has 150 valence electrons. The Morgan fingerprint density at radius 1 is 1.28 bits per heavy atom. The zero-order valence-electron chi connectivity index (χ0n) is 16.0. The summed E-state index contributed by atoms with van der Waals surface area (Å²) in [6.45, 7) is 2.34. The highest BCUT2D eigenvalue weighted by Crippen LogP contribution is 2.31. The number of hydrogen-bond acceptors (Lipinski definition) is 7. The van der Waals surface area contributed by atoms with Crippen molar-refractivity contribution in [2.24, 2.45) is 10.2 Å². The Kier molecular flexibility index (Phi) is 6.61. The largest absolute Gasteiger partial charge is 0.497 e. The molecule has 8 nitrogen and oxygen atoms in total. The van der Waals surface area contributed by atoms with Gasteiger partial charge in [0.2, 0.25) is 5.91 Å². The van der Waals surface area contributed by atoms with E-state index in [0.29, 0.717) is 23.7 Å². The number of nitrogens with zero attached hydrogens (tertiary/aromatic N) is 4. The van der Waals surface area contributed by atoms with Gasteiger partial charge in [-0.3, -0.25) is 19.8 Å². The molecule has 0 saturated carbocycles. The Morgan fingerprint density at radius 3 is 2.69 bits per heavy atom. The molecule has 1 atom stereocenters. The maximum absolute atomic E-state index is 12.7. The molecule has 2 aromatic carbocycles. The van der Waals surface area contributed by atoms with Crippen molar-refractivity contribution in [3.8, 4) is 5.75 Å². The maximum atomic E-state index is 12.7. The van der Waals surface area contributed by atoms with Crippen LogP contribution in [0.25, 0.3) is 0 Å². The topological polar surface area (TPSA) is 97.4 Å². The summed E-state index contributed by atoms with van der Waals surface area (Å²) in [6, 6.07) is 13.6. The fourth-order valence-corrected chi connectivity index (χ4v) is 3.79. The molecule has 0 aromatic heterocycles. The first-order valence-corrected chi connectivity index (χ1v) is 9.86. The number of thioether (sulfide) groups is 1. The van der Waals surface area contributed by atoms with Gasteiger partial charge in [-0.1, -0.05) is 43.0 Å². The highest BCUT2D eigenvalue weighted by atomic mass is 32.2. The van der Waals surface area contributed by atoms with Crippen molar-refractivity contribution in [1.82, 2.24) is 4.90 Å². The lowest BCUT2D eigenvalue weighted by Gasteiger charge is -2.16. The minimum absolute atomic E-state index is 0.00221. The summed E-state index contributed by atoms with van der Waals surface area (Å²) in [6.07, 6.45) is 2.13. The summed E-state index contributed by atoms with van der Waals surface area (Å²) in [4.78, 5) is 24.7. The summed E-state index contributed by atoms with van der Waals surface area (Å²) in [5, 5.41) is 19.5. The lowest BCUT2D eigenvalue weighted by molar-refractivity contribution is -0.384. The molecular weight excluding hydrogens is 392 g/mol. The van der Waals surface area contributed by atoms with Gasteiger partial charge in [-0.15, -0.1) is 5.10 Å². The van der Waals surface area contributed by atoms with Crippen molar-refractivity contribution < 1.29 is 14.5 Å². The lowest BCUT2D eigenvalue weighted by atomic mass is 10.2. The molecule has 1 saturated heterocycles. The number of amidine groups is 1. The lowest BCUT2D eigenvalue weighted by Crippen LogP contribution is -2.31. The molecule has 1 fully saturated rings. The van der Waals surface area contributed by atoms with Gasteiger partial charge in [0.15, 0.2) is 5.17 Å². The minimum atomic E-state index is -0.461. The van der Waals surface area contributed by atoms with Crippen molar-refractivity contribution in [3.05, 3.63) is 69.8 Å². The molecule has 1 amide bonds. The zero-order chi connectivity index (χ0) is 20.8. The first kappa shape index (κ1) is 20.5. The van der Waals surface area contributed by atoms with Gasteiger partial charge in [0, 0.05) is 17.7 Å². The predicted molar refractivity (Wildman–Crippen MR) is 113 cm³/mol. The highest BCUT2D eigenvalue weighted by molar-refractivity contribution is 8.15. The maximum Gasteiger partial charge on any atom is 0.270 e. The highest BCUT2D eigenvalue weighted by Gasteiger charge is 2.36. The van der Waals surface area contributed by atoms with Gasteiger partial charge in [0.1, 0.15) is 5.75 Å². The molecule has 0 bridgehead atoms. The first-order valence-electron chi connectivity index (χ1n) is 8.98. The van der Waals surface area contributed by atoms with E-state index in [1.54, 1.807) is 24.1 Å². The van der Waals surface area contributed by atoms with E-state index in [9.17, 15) is 14.9 Å². The Bertz CT molecular complexity index is 959. The smallest absolute Gasteiger partial charge is 0.270 e. The molecular formula is C20H20N4O4S. The third-order valence-corrected chi connectivity index (χ3v) is 5.65. The Balaban J connectivity index is 1.79. The SMILES string of the molecule is CC[C@@H]1S/C(=N/N=C\c2cccc([N+](=O)[O-])c2)N(Cc2ccc(OC)cc2)C1=O. The average Bonchev–Trinajstić information content (AvgIpc) is 3.03. The number of amides is 1. The number of methoxy groups -OCH3 is 1. The van der Waals surface area contributed by atoms with E-state index < -0.39 is 4.92 Å². The number of carbonyl (C=O) groups excluding carboxylic acids is 1. The van der Waals surface area contributed by atoms with Gasteiger partial charge in [-0.2, -0.15) is 5.10 Å². The van der Waals surface area contributed by atoms with Gasteiger partial charge in [0.25, 0.3) is 5.69 Å². The van der Waals surface area contributed by atoms with Crippen molar-refractivity contribution in [2.75, 3.05) is 7.11 Å². The third kappa shape index (κ3) is 5.00. The fraction of sp³-hybridized carbons (Fsp3) is 0.250. The van der Waals surface area contributed by atoms with E-state index in [2.05, 4.69) is 10.2 Å². The second kappa shape index (κ2) is 9.33. The molecule has 3 rings (SSSR count). The second-order valence-corrected chi connectivity index (χ2v) is 7.44. The van der Waals surface area contributed by atoms with Crippen LogP contribution in [0, 0.1) is 10.1 Å². The number of carbonyl (C=O) groups is 1. The normalized spacial score (nSPS) is 18.0. The Hall–Kier alpha value is -3.20. The second-order valence-electron chi connectivity index (χ2n) is 6.27. The molecule has 1 aliphatic rings. The average molecular weight is 412 g/mol. The van der Waals surface area contributed by atoms with Crippen molar-refractivity contribution in [3.63, 3.8) is 0 Å². The third-order valence-electron chi connectivity index (χ3n) is 4.32. The van der Waals surface area contributed by atoms with E-state index in [1.165, 1.54) is 30.1 Å². The quantitative estimate of drug-likeness (QED) is 0.391. The minimum Gasteiger partial charge on any atom is -0.497 e. The molecule has 0 N–H and O–H groups in total. The number of nitro benzene ring substituents is 1. The molecule has 0 radical (unpaired) electrons. The molecule has 29 heavy (non-hydrogen) atoms. The summed E-state index contributed by atoms with van der Waals surface area (Å²) < 4.78 is 5.16. The number of ether oxygens (including phenoxy) is 1. The van der Waals surface area contributed by atoms with Gasteiger partial charge in [-0.05, 0) is 24.1 Å². The van der Waals surface area contributed by atoms with Crippen LogP contribution < -0.4 is 4.74 Å². The van der Waals surface area contributed by atoms with Crippen LogP contribution in [-0.4, -0.2) is 39.5 Å². The summed E-state index contributed by atoms with van der Waals surface area (Å²) in [7, 11) is 1.60. The van der Waals surface area contributed by atoms with Crippen LogP contribution in [0.4, 0.5) is 5.69 Å². The van der Waals surface area contributed by atoms with E-state index in [-0.39, 0.29) is 16.8 Å². The Labute approximate surface area is 172 Å². The van der Waals surface area contributed by atoms with E-state index in [1.807, 2.05) is 31.2 Å². The molecule has 1 heterocycles. The number of rotatable bonds is 7. The van der Waals surface area contributed by atoms with Crippen molar-refractivity contribution in [1.29, 1.82) is 0 Å². The predicted octanol–water partition coefficient (Wildman–Crippen LogP) is 3.85. The zero-order valence-corrected chi connectivity index (χ0v) is 16.8. The monoisotopic (exact) mass is 412 g/mol. The van der Waals surface area contributed by atoms with Crippen LogP contribution in [0.3, 0.4) is 0 Å².